The zero-order valence-corrected chi connectivity index (χ0v) is 11.3. The number of aromatic nitrogens is 1. The van der Waals surface area contributed by atoms with Crippen molar-refractivity contribution >= 4 is 11.7 Å². The molecule has 0 radical (unpaired) electrons. The number of carbonyl (C=O) groups is 1. The Balaban J connectivity index is 2.63. The van der Waals surface area contributed by atoms with E-state index in [2.05, 4.69) is 5.32 Å². The predicted molar refractivity (Wildman–Crippen MR) is 72.5 cm³/mol. The van der Waals surface area contributed by atoms with Crippen LogP contribution in [-0.4, -0.2) is 35.4 Å². The number of carboxylic acids is 1. The second kappa shape index (κ2) is 7.58. The van der Waals surface area contributed by atoms with E-state index in [0.717, 1.165) is 5.69 Å². The third-order valence-electron chi connectivity index (χ3n) is 2.72. The molecule has 0 aliphatic heterocycles. The van der Waals surface area contributed by atoms with Crippen LogP contribution in [0.3, 0.4) is 0 Å². The van der Waals surface area contributed by atoms with Gasteiger partial charge in [-0.1, -0.05) is 0 Å². The van der Waals surface area contributed by atoms with E-state index in [1.807, 2.05) is 6.92 Å². The average Bonchev–Trinajstić information content (AvgIpc) is 2.37. The third kappa shape index (κ3) is 5.56. The van der Waals surface area contributed by atoms with E-state index in [9.17, 15) is 9.59 Å². The lowest BCUT2D eigenvalue weighted by molar-refractivity contribution is -0.137. The van der Waals surface area contributed by atoms with Gasteiger partial charge in [0.1, 0.15) is 0 Å². The van der Waals surface area contributed by atoms with Crippen LogP contribution in [0.25, 0.3) is 0 Å². The lowest BCUT2D eigenvalue weighted by Crippen LogP contribution is -2.23. The first-order chi connectivity index (χ1) is 9.02. The third-order valence-corrected chi connectivity index (χ3v) is 2.72. The van der Waals surface area contributed by atoms with Gasteiger partial charge in [-0.25, -0.2) is 0 Å². The molecule has 0 spiro atoms. The second-order valence-electron chi connectivity index (χ2n) is 4.42. The van der Waals surface area contributed by atoms with Crippen LogP contribution >= 0.6 is 0 Å². The molecule has 1 rings (SSSR count). The molecule has 1 heterocycles. The molecule has 2 N–H and O–H groups in total. The lowest BCUT2D eigenvalue weighted by Gasteiger charge is -2.15. The summed E-state index contributed by atoms with van der Waals surface area (Å²) in [6, 6.07) is 3.22. The predicted octanol–water partition coefficient (Wildman–Crippen LogP) is 1.16. The molecule has 6 heteroatoms. The van der Waals surface area contributed by atoms with Crippen molar-refractivity contribution in [3.05, 3.63) is 28.7 Å². The molecule has 0 aliphatic rings. The Labute approximate surface area is 112 Å². The van der Waals surface area contributed by atoms with Crippen LogP contribution < -0.4 is 10.9 Å². The number of hydrogen-bond donors (Lipinski definition) is 2. The van der Waals surface area contributed by atoms with Crippen molar-refractivity contribution in [1.29, 1.82) is 0 Å². The maximum Gasteiger partial charge on any atom is 0.303 e. The molecule has 1 aromatic rings. The fourth-order valence-corrected chi connectivity index (χ4v) is 1.68. The molecule has 0 saturated heterocycles. The van der Waals surface area contributed by atoms with Gasteiger partial charge < -0.3 is 19.7 Å². The Morgan fingerprint density at radius 2 is 2.26 bits per heavy atom. The summed E-state index contributed by atoms with van der Waals surface area (Å²) in [6.45, 7) is 2.87. The fourth-order valence-electron chi connectivity index (χ4n) is 1.68. The molecule has 0 saturated carbocycles. The van der Waals surface area contributed by atoms with Crippen molar-refractivity contribution in [1.82, 2.24) is 4.57 Å². The van der Waals surface area contributed by atoms with E-state index in [1.54, 1.807) is 23.9 Å². The van der Waals surface area contributed by atoms with Gasteiger partial charge in [0.15, 0.2) is 0 Å². The number of hydrogen-bond acceptors (Lipinski definition) is 4. The molecule has 1 atom stereocenters. The molecular weight excluding hydrogens is 248 g/mol. The quantitative estimate of drug-likeness (QED) is 0.739. The average molecular weight is 268 g/mol. The Morgan fingerprint density at radius 1 is 1.53 bits per heavy atom. The largest absolute Gasteiger partial charge is 0.481 e. The first-order valence-electron chi connectivity index (χ1n) is 6.20. The van der Waals surface area contributed by atoms with Crippen molar-refractivity contribution in [3.8, 4) is 0 Å². The Kier molecular flexibility index (Phi) is 6.08. The fraction of sp³-hybridized carbons (Fsp3) is 0.538. The maximum absolute atomic E-state index is 11.6. The van der Waals surface area contributed by atoms with Gasteiger partial charge in [0, 0.05) is 38.4 Å². The van der Waals surface area contributed by atoms with Gasteiger partial charge in [0.2, 0.25) is 0 Å². The van der Waals surface area contributed by atoms with Crippen LogP contribution in [0.1, 0.15) is 19.8 Å². The van der Waals surface area contributed by atoms with Crippen molar-refractivity contribution < 1.29 is 14.6 Å². The summed E-state index contributed by atoms with van der Waals surface area (Å²) < 4.78 is 6.51. The highest BCUT2D eigenvalue weighted by molar-refractivity contribution is 5.66. The molecule has 1 unspecified atom stereocenters. The van der Waals surface area contributed by atoms with Crippen molar-refractivity contribution in [3.63, 3.8) is 0 Å². The standard InChI is InChI=1S/C13H20N2O4/c1-10(3-6-13(17)18)14-11-4-5-12(16)15(9-11)7-8-19-2/h4-5,9-10,14H,3,6-8H2,1-2H3,(H,17,18). The number of ether oxygens (including phenoxy) is 1. The van der Waals surface area contributed by atoms with Gasteiger partial charge in [0.25, 0.3) is 5.56 Å². The molecule has 19 heavy (non-hydrogen) atoms. The zero-order chi connectivity index (χ0) is 14.3. The number of nitrogens with zero attached hydrogens (tertiary/aromatic N) is 1. The van der Waals surface area contributed by atoms with E-state index in [-0.39, 0.29) is 18.0 Å². The van der Waals surface area contributed by atoms with Crippen molar-refractivity contribution in [2.24, 2.45) is 0 Å². The van der Waals surface area contributed by atoms with Crippen LogP contribution in [0.4, 0.5) is 5.69 Å². The van der Waals surface area contributed by atoms with Crippen LogP contribution in [0.2, 0.25) is 0 Å². The topological polar surface area (TPSA) is 80.6 Å². The van der Waals surface area contributed by atoms with Gasteiger partial charge >= 0.3 is 5.97 Å². The number of methoxy groups -OCH3 is 1. The van der Waals surface area contributed by atoms with Crippen LogP contribution in [0.15, 0.2) is 23.1 Å². The molecule has 0 bridgehead atoms. The van der Waals surface area contributed by atoms with Gasteiger partial charge in [-0.2, -0.15) is 0 Å². The van der Waals surface area contributed by atoms with E-state index in [0.29, 0.717) is 19.6 Å². The molecule has 0 aromatic carbocycles. The molecule has 1 aromatic heterocycles. The highest BCUT2D eigenvalue weighted by atomic mass is 16.5. The van der Waals surface area contributed by atoms with Crippen LogP contribution in [-0.2, 0) is 16.1 Å². The number of nitrogens with one attached hydrogen (secondary N) is 1. The number of pyridine rings is 1. The summed E-state index contributed by atoms with van der Waals surface area (Å²) >= 11 is 0. The van der Waals surface area contributed by atoms with E-state index >= 15 is 0 Å². The highest BCUT2D eigenvalue weighted by Crippen LogP contribution is 2.08. The monoisotopic (exact) mass is 268 g/mol. The van der Waals surface area contributed by atoms with E-state index < -0.39 is 5.97 Å². The number of aliphatic carboxylic acids is 1. The molecule has 0 fully saturated rings. The summed E-state index contributed by atoms with van der Waals surface area (Å²) in [6.07, 6.45) is 2.38. The van der Waals surface area contributed by atoms with Crippen molar-refractivity contribution in [2.45, 2.75) is 32.4 Å². The van der Waals surface area contributed by atoms with Gasteiger partial charge in [-0.3, -0.25) is 9.59 Å². The smallest absolute Gasteiger partial charge is 0.303 e. The SMILES string of the molecule is COCCn1cc(NC(C)CCC(=O)O)ccc1=O. The minimum atomic E-state index is -0.807. The summed E-state index contributed by atoms with van der Waals surface area (Å²) in [7, 11) is 1.58. The Bertz CT molecular complexity index is 470. The van der Waals surface area contributed by atoms with Gasteiger partial charge in [-0.15, -0.1) is 0 Å². The first kappa shape index (κ1) is 15.2. The molecule has 106 valence electrons. The number of anilines is 1. The highest BCUT2D eigenvalue weighted by Gasteiger charge is 2.06. The molecule has 0 amide bonds. The normalized spacial score (nSPS) is 12.1. The van der Waals surface area contributed by atoms with Crippen molar-refractivity contribution in [2.75, 3.05) is 19.0 Å². The van der Waals surface area contributed by atoms with Crippen LogP contribution in [0, 0.1) is 0 Å². The zero-order valence-electron chi connectivity index (χ0n) is 11.3. The summed E-state index contributed by atoms with van der Waals surface area (Å²) in [5, 5.41) is 11.8. The summed E-state index contributed by atoms with van der Waals surface area (Å²) in [4.78, 5) is 22.1. The van der Waals surface area contributed by atoms with E-state index in [4.69, 9.17) is 9.84 Å². The number of rotatable bonds is 8. The summed E-state index contributed by atoms with van der Waals surface area (Å²) in [5.41, 5.74) is 0.717. The first-order valence-corrected chi connectivity index (χ1v) is 6.20. The van der Waals surface area contributed by atoms with Gasteiger partial charge in [-0.05, 0) is 19.4 Å². The Hall–Kier alpha value is -1.82. The van der Waals surface area contributed by atoms with Gasteiger partial charge in [0.05, 0.1) is 12.3 Å². The molecule has 0 aliphatic carbocycles. The maximum atomic E-state index is 11.6. The second-order valence-corrected chi connectivity index (χ2v) is 4.42. The Morgan fingerprint density at radius 3 is 2.89 bits per heavy atom. The molecule has 6 nitrogen and oxygen atoms in total. The minimum Gasteiger partial charge on any atom is -0.481 e. The lowest BCUT2D eigenvalue weighted by atomic mass is 10.2. The minimum absolute atomic E-state index is 0.0319. The molecular formula is C13H20N2O4. The summed E-state index contributed by atoms with van der Waals surface area (Å²) in [5.74, 6) is -0.807. The number of carboxylic acid groups (broad SMARTS) is 1. The van der Waals surface area contributed by atoms with Crippen LogP contribution in [0.5, 0.6) is 0 Å². The van der Waals surface area contributed by atoms with E-state index in [1.165, 1.54) is 6.07 Å².